The van der Waals surface area contributed by atoms with Crippen LogP contribution in [0.5, 0.6) is 0 Å². The zero-order chi connectivity index (χ0) is 48.1. The van der Waals surface area contributed by atoms with Crippen LogP contribution >= 0.6 is 0 Å². The van der Waals surface area contributed by atoms with E-state index < -0.39 is 0 Å². The molecule has 7 aromatic rings. The molecule has 0 bridgehead atoms. The molecular formula is C63H96. The molecule has 348 valence electrons. The van der Waals surface area contributed by atoms with E-state index in [4.69, 9.17) is 0 Å². The van der Waals surface area contributed by atoms with E-state index in [0.29, 0.717) is 0 Å². The van der Waals surface area contributed by atoms with Gasteiger partial charge >= 0.3 is 0 Å². The van der Waals surface area contributed by atoms with Gasteiger partial charge < -0.3 is 0 Å². The second kappa shape index (κ2) is 56.5. The van der Waals surface area contributed by atoms with Gasteiger partial charge in [0.1, 0.15) is 0 Å². The Morgan fingerprint density at radius 1 is 0.238 bits per heavy atom. The van der Waals surface area contributed by atoms with E-state index >= 15 is 0 Å². The Balaban J connectivity index is -0.000000157. The quantitative estimate of drug-likeness (QED) is 0.162. The van der Waals surface area contributed by atoms with E-state index in [1.54, 1.807) is 0 Å². The zero-order valence-electron chi connectivity index (χ0n) is 43.0. The minimum atomic E-state index is 0. The number of benzene rings is 7. The molecule has 0 aliphatic carbocycles. The summed E-state index contributed by atoms with van der Waals surface area (Å²) in [6, 6.07) is 75.1. The van der Waals surface area contributed by atoms with Crippen molar-refractivity contribution in [1.29, 1.82) is 0 Å². The smallest absolute Gasteiger partial charge is 0.0146 e. The second-order valence-corrected chi connectivity index (χ2v) is 11.4. The van der Waals surface area contributed by atoms with Crippen LogP contribution in [-0.2, 0) is 11.8 Å². The lowest BCUT2D eigenvalue weighted by atomic mass is 9.78. The summed E-state index contributed by atoms with van der Waals surface area (Å²) < 4.78 is 0. The fourth-order valence-corrected chi connectivity index (χ4v) is 4.95. The summed E-state index contributed by atoms with van der Waals surface area (Å²) in [5.41, 5.74) is 8.09. The molecule has 0 saturated heterocycles. The summed E-state index contributed by atoms with van der Waals surface area (Å²) in [5.74, 6) is 0. The number of hydrogen-bond donors (Lipinski definition) is 0. The van der Waals surface area contributed by atoms with Crippen LogP contribution in [0, 0.1) is 0 Å². The molecule has 0 unspecified atom stereocenters. The fraction of sp³-hybridized carbons (Fsp3) is 0.333. The fourth-order valence-electron chi connectivity index (χ4n) is 4.95. The Kier molecular flexibility index (Phi) is 62.1. The number of hydrogen-bond acceptors (Lipinski definition) is 0. The van der Waals surface area contributed by atoms with Gasteiger partial charge in [-0.1, -0.05) is 350 Å². The van der Waals surface area contributed by atoms with E-state index in [0.717, 1.165) is 6.42 Å². The molecule has 0 aliphatic rings. The molecule has 0 nitrogen and oxygen atoms in total. The van der Waals surface area contributed by atoms with Gasteiger partial charge in [0.05, 0.1) is 0 Å². The molecule has 0 heterocycles. The summed E-state index contributed by atoms with van der Waals surface area (Å²) in [5, 5.41) is 0. The summed E-state index contributed by atoms with van der Waals surface area (Å²) in [6.45, 7) is 36.5. The lowest BCUT2D eigenvalue weighted by Gasteiger charge is -2.25. The SMILES string of the molecule is C.CC.CC.CC.CC.CC.CC.CC.CC.CC(C)(c1ccccc1)c1ccccc1.c1ccc(-c2ccccc2)cc1.c1ccc(Cc2ccccc2)cc1.c1ccccc1. The molecule has 0 N–H and O–H groups in total. The molecule has 7 aromatic carbocycles. The van der Waals surface area contributed by atoms with Gasteiger partial charge in [-0.25, -0.2) is 0 Å². The maximum atomic E-state index is 2.26. The van der Waals surface area contributed by atoms with Crippen LogP contribution in [0.4, 0.5) is 0 Å². The Bertz CT molecular complexity index is 1570. The summed E-state index contributed by atoms with van der Waals surface area (Å²) in [6.07, 6.45) is 1.03. The molecule has 0 radical (unpaired) electrons. The first-order chi connectivity index (χ1) is 30.6. The summed E-state index contributed by atoms with van der Waals surface area (Å²) >= 11 is 0. The first-order valence-corrected chi connectivity index (χ1v) is 23.9. The molecule has 0 saturated carbocycles. The average molecular weight is 853 g/mol. The Labute approximate surface area is 394 Å². The third-order valence-corrected chi connectivity index (χ3v) is 7.63. The van der Waals surface area contributed by atoms with Crippen molar-refractivity contribution < 1.29 is 0 Å². The van der Waals surface area contributed by atoms with Gasteiger partial charge in [-0.3, -0.25) is 0 Å². The molecule has 0 aliphatic heterocycles. The third kappa shape index (κ3) is 35.8. The highest BCUT2D eigenvalue weighted by molar-refractivity contribution is 5.62. The van der Waals surface area contributed by atoms with Crippen molar-refractivity contribution in [3.63, 3.8) is 0 Å². The van der Waals surface area contributed by atoms with Crippen LogP contribution < -0.4 is 0 Å². The minimum absolute atomic E-state index is 0. The lowest BCUT2D eigenvalue weighted by Crippen LogP contribution is -2.18. The molecule has 0 heteroatoms. The predicted molar refractivity (Wildman–Crippen MR) is 297 cm³/mol. The Hall–Kier alpha value is -5.46. The topological polar surface area (TPSA) is 0 Å². The molecular weight excluding hydrogens is 757 g/mol. The molecule has 63 heavy (non-hydrogen) atoms. The van der Waals surface area contributed by atoms with Gasteiger partial charge in [0.15, 0.2) is 0 Å². The van der Waals surface area contributed by atoms with Crippen molar-refractivity contribution in [2.45, 2.75) is 144 Å². The van der Waals surface area contributed by atoms with E-state index in [1.165, 1.54) is 33.4 Å². The van der Waals surface area contributed by atoms with E-state index in [-0.39, 0.29) is 12.8 Å². The maximum Gasteiger partial charge on any atom is 0.0146 e. The van der Waals surface area contributed by atoms with Crippen molar-refractivity contribution in [2.75, 3.05) is 0 Å². The molecule has 0 atom stereocenters. The van der Waals surface area contributed by atoms with Gasteiger partial charge in [0.2, 0.25) is 0 Å². The normalized spacial score (nSPS) is 8.10. The van der Waals surface area contributed by atoms with Crippen LogP contribution in [0.1, 0.15) is 154 Å². The molecule has 7 rings (SSSR count). The van der Waals surface area contributed by atoms with Crippen molar-refractivity contribution >= 4 is 0 Å². The third-order valence-electron chi connectivity index (χ3n) is 7.63. The van der Waals surface area contributed by atoms with Crippen molar-refractivity contribution in [3.05, 3.63) is 241 Å². The standard InChI is InChI=1S/C15H16.C13H12.C12H10.C6H6.8C2H6.CH4/c1-15(2,13-9-5-3-6-10-13)14-11-7-4-8-12-14;1-3-7-12(8-4-1)11-13-9-5-2-6-10-13;1-3-7-11(8-4-1)12-9-5-2-6-10-12;1-2-4-6-5-3-1;8*1-2;/h3-12H,1-2H3;1-10H,11H2;1-10H;1-6H;8*1-2H3;1H4. The average Bonchev–Trinajstić information content (AvgIpc) is 3.41. The van der Waals surface area contributed by atoms with Gasteiger partial charge in [0, 0.05) is 5.41 Å². The minimum Gasteiger partial charge on any atom is -0.0776 e. The van der Waals surface area contributed by atoms with Crippen molar-refractivity contribution in [3.8, 4) is 11.1 Å². The van der Waals surface area contributed by atoms with Gasteiger partial charge in [-0.05, 0) is 39.8 Å². The van der Waals surface area contributed by atoms with Gasteiger partial charge in [-0.15, -0.1) is 0 Å². The summed E-state index contributed by atoms with van der Waals surface area (Å²) in [4.78, 5) is 0. The van der Waals surface area contributed by atoms with Crippen LogP contribution in [0.25, 0.3) is 11.1 Å². The Morgan fingerprint density at radius 3 is 0.603 bits per heavy atom. The first kappa shape index (κ1) is 69.2. The van der Waals surface area contributed by atoms with Crippen molar-refractivity contribution in [2.24, 2.45) is 0 Å². The maximum absolute atomic E-state index is 2.26. The highest BCUT2D eigenvalue weighted by atomic mass is 14.2. The van der Waals surface area contributed by atoms with Crippen LogP contribution in [-0.4, -0.2) is 0 Å². The van der Waals surface area contributed by atoms with Crippen molar-refractivity contribution in [1.82, 2.24) is 0 Å². The van der Waals surface area contributed by atoms with Crippen LogP contribution in [0.3, 0.4) is 0 Å². The molecule has 0 aromatic heterocycles. The van der Waals surface area contributed by atoms with E-state index in [1.807, 2.05) is 159 Å². The highest BCUT2D eigenvalue weighted by Gasteiger charge is 2.21. The monoisotopic (exact) mass is 853 g/mol. The molecule has 0 amide bonds. The largest absolute Gasteiger partial charge is 0.0776 e. The Morgan fingerprint density at radius 2 is 0.397 bits per heavy atom. The lowest BCUT2D eigenvalue weighted by molar-refractivity contribution is 0.641. The van der Waals surface area contributed by atoms with Crippen LogP contribution in [0.2, 0.25) is 0 Å². The first-order valence-electron chi connectivity index (χ1n) is 23.9. The summed E-state index contributed by atoms with van der Waals surface area (Å²) in [7, 11) is 0. The molecule has 0 spiro atoms. The zero-order valence-corrected chi connectivity index (χ0v) is 43.0. The molecule has 0 fully saturated rings. The second-order valence-electron chi connectivity index (χ2n) is 11.4. The van der Waals surface area contributed by atoms with Gasteiger partial charge in [-0.2, -0.15) is 0 Å². The number of rotatable bonds is 5. The predicted octanol–water partition coefficient (Wildman–Crippen LogP) is 21.2. The highest BCUT2D eigenvalue weighted by Crippen LogP contribution is 2.30. The van der Waals surface area contributed by atoms with E-state index in [9.17, 15) is 0 Å². The van der Waals surface area contributed by atoms with Crippen LogP contribution in [0.15, 0.2) is 218 Å². The van der Waals surface area contributed by atoms with E-state index in [2.05, 4.69) is 184 Å². The van der Waals surface area contributed by atoms with Gasteiger partial charge in [0.25, 0.3) is 0 Å².